The number of likely N-dealkylation sites (tertiary alicyclic amines) is 1. The van der Waals surface area contributed by atoms with Gasteiger partial charge in [0.05, 0.1) is 23.0 Å². The highest BCUT2D eigenvalue weighted by Crippen LogP contribution is 2.50. The Morgan fingerprint density at radius 1 is 1.05 bits per heavy atom. The Bertz CT molecular complexity index is 1450. The molecule has 1 aromatic heterocycles. The fourth-order valence-electron chi connectivity index (χ4n) is 6.72. The summed E-state index contributed by atoms with van der Waals surface area (Å²) in [5.74, 6) is 0.00610. The maximum Gasteiger partial charge on any atom is 0.235 e. The van der Waals surface area contributed by atoms with Gasteiger partial charge in [0.1, 0.15) is 23.7 Å². The van der Waals surface area contributed by atoms with Crippen molar-refractivity contribution in [1.82, 2.24) is 15.2 Å². The summed E-state index contributed by atoms with van der Waals surface area (Å²) in [6.07, 6.45) is 4.19. The van der Waals surface area contributed by atoms with Crippen LogP contribution in [0.3, 0.4) is 0 Å². The number of carbonyl (C=O) groups is 2. The highest BCUT2D eigenvalue weighted by molar-refractivity contribution is 6.17. The molecule has 2 unspecified atom stereocenters. The van der Waals surface area contributed by atoms with Crippen molar-refractivity contribution >= 4 is 45.5 Å². The van der Waals surface area contributed by atoms with Crippen LogP contribution in [0.25, 0.3) is 10.8 Å². The smallest absolute Gasteiger partial charge is 0.235 e. The molecule has 2 saturated heterocycles. The van der Waals surface area contributed by atoms with E-state index < -0.39 is 12.1 Å². The van der Waals surface area contributed by atoms with Gasteiger partial charge in [0.2, 0.25) is 5.91 Å². The van der Waals surface area contributed by atoms with Crippen LogP contribution in [-0.2, 0) is 9.53 Å². The Morgan fingerprint density at radius 2 is 1.82 bits per heavy atom. The van der Waals surface area contributed by atoms with E-state index in [4.69, 9.17) is 9.72 Å². The van der Waals surface area contributed by atoms with E-state index in [0.29, 0.717) is 30.3 Å². The van der Waals surface area contributed by atoms with Crippen LogP contribution >= 0.6 is 0 Å². The average Bonchev–Trinajstić information content (AvgIpc) is 3.74. The number of nitrogens with zero attached hydrogens (tertiary/aromatic N) is 4. The number of amides is 1. The number of Topliss-reactive ketones (excluding diaryl/α,β-unsaturated/α-hetero) is 1. The largest absolute Gasteiger partial charge is 0.376 e. The number of anilines is 4. The summed E-state index contributed by atoms with van der Waals surface area (Å²) in [7, 11) is 1.97. The van der Waals surface area contributed by atoms with Crippen molar-refractivity contribution in [2.24, 2.45) is 5.92 Å². The molecule has 0 spiro atoms. The minimum Gasteiger partial charge on any atom is -0.376 e. The molecule has 7 rings (SSSR count). The molecule has 0 aliphatic carbocycles. The lowest BCUT2D eigenvalue weighted by Gasteiger charge is -2.39. The molecule has 9 nitrogen and oxygen atoms in total. The van der Waals surface area contributed by atoms with Gasteiger partial charge in [-0.1, -0.05) is 24.3 Å². The second kappa shape index (κ2) is 10.4. The van der Waals surface area contributed by atoms with E-state index in [1.807, 2.05) is 31.3 Å². The third-order valence-electron chi connectivity index (χ3n) is 8.84. The lowest BCUT2D eigenvalue weighted by Crippen LogP contribution is -2.57. The van der Waals surface area contributed by atoms with Crippen LogP contribution in [0.4, 0.5) is 23.0 Å². The molecule has 2 fully saturated rings. The van der Waals surface area contributed by atoms with Gasteiger partial charge in [-0.2, -0.15) is 0 Å². The molecule has 2 N–H and O–H groups in total. The van der Waals surface area contributed by atoms with Crippen LogP contribution in [0.2, 0.25) is 0 Å². The van der Waals surface area contributed by atoms with Gasteiger partial charge in [0, 0.05) is 33.3 Å². The van der Waals surface area contributed by atoms with Gasteiger partial charge in [-0.25, -0.2) is 4.98 Å². The summed E-state index contributed by atoms with van der Waals surface area (Å²) in [6, 6.07) is 16.2. The molecule has 0 radical (unpaired) electrons. The molecule has 9 heteroatoms. The molecule has 4 aliphatic heterocycles. The zero-order valence-corrected chi connectivity index (χ0v) is 22.9. The minimum atomic E-state index is -0.876. The van der Waals surface area contributed by atoms with E-state index in [0.717, 1.165) is 61.2 Å². The molecule has 0 bridgehead atoms. The standard InChI is InChI=1S/C31H36N6O3/c1-35-24-17-20-7-2-3-8-21(20)18-25(24)37-29-23(10-11-26(34-29)33-19-22-9-6-16-40-22)28(38)27(31(35)37)30(39)32-12-15-36-13-4-5-14-36/h2-3,7-8,10-11,17-18,22,27,31H,4-6,9,12-16,19H2,1H3,(H,32,39)(H,33,34)/t22-,27?,31?/m0/s1. The van der Waals surface area contributed by atoms with Crippen molar-refractivity contribution in [3.8, 4) is 0 Å². The zero-order chi connectivity index (χ0) is 27.2. The molecule has 208 valence electrons. The third kappa shape index (κ3) is 4.37. The van der Waals surface area contributed by atoms with Crippen LogP contribution in [0, 0.1) is 5.92 Å². The highest BCUT2D eigenvalue weighted by Gasteiger charge is 2.52. The van der Waals surface area contributed by atoms with Crippen molar-refractivity contribution in [1.29, 1.82) is 0 Å². The Balaban J connectivity index is 1.25. The first-order valence-corrected chi connectivity index (χ1v) is 14.5. The van der Waals surface area contributed by atoms with Crippen molar-refractivity contribution in [3.63, 3.8) is 0 Å². The predicted molar refractivity (Wildman–Crippen MR) is 156 cm³/mol. The molecule has 1 amide bonds. The van der Waals surface area contributed by atoms with Crippen molar-refractivity contribution < 1.29 is 14.3 Å². The molecule has 0 saturated carbocycles. The van der Waals surface area contributed by atoms with Crippen LogP contribution in [-0.4, -0.2) is 80.2 Å². The number of aromatic nitrogens is 1. The molecule has 3 atom stereocenters. The number of hydrogen-bond donors (Lipinski definition) is 2. The summed E-state index contributed by atoms with van der Waals surface area (Å²) in [4.78, 5) is 39.3. The summed E-state index contributed by atoms with van der Waals surface area (Å²) < 4.78 is 5.77. The molecular formula is C31H36N6O3. The zero-order valence-electron chi connectivity index (χ0n) is 22.9. The first-order valence-electron chi connectivity index (χ1n) is 14.5. The van der Waals surface area contributed by atoms with Crippen LogP contribution < -0.4 is 20.4 Å². The van der Waals surface area contributed by atoms with Gasteiger partial charge in [-0.15, -0.1) is 0 Å². The number of pyridine rings is 1. The van der Waals surface area contributed by atoms with Crippen LogP contribution in [0.5, 0.6) is 0 Å². The number of hydrogen-bond acceptors (Lipinski definition) is 8. The van der Waals surface area contributed by atoms with E-state index in [-0.39, 0.29) is 17.8 Å². The number of benzene rings is 2. The fraction of sp³-hybridized carbons (Fsp3) is 0.452. The van der Waals surface area contributed by atoms with Gasteiger partial charge in [0.25, 0.3) is 0 Å². The minimum absolute atomic E-state index is 0.172. The summed E-state index contributed by atoms with van der Waals surface area (Å²) in [6.45, 7) is 4.96. The fourth-order valence-corrected chi connectivity index (χ4v) is 6.72. The highest BCUT2D eigenvalue weighted by atomic mass is 16.5. The van der Waals surface area contributed by atoms with E-state index >= 15 is 0 Å². The summed E-state index contributed by atoms with van der Waals surface area (Å²) in [5.41, 5.74) is 2.42. The van der Waals surface area contributed by atoms with E-state index in [9.17, 15) is 9.59 Å². The maximum absolute atomic E-state index is 14.0. The van der Waals surface area contributed by atoms with E-state index in [1.54, 1.807) is 0 Å². The van der Waals surface area contributed by atoms with E-state index in [1.165, 1.54) is 12.8 Å². The normalized spacial score (nSPS) is 23.8. The van der Waals surface area contributed by atoms with Crippen LogP contribution in [0.1, 0.15) is 36.0 Å². The number of fused-ring (bicyclic) bond motifs is 6. The van der Waals surface area contributed by atoms with Crippen molar-refractivity contribution in [2.75, 3.05) is 61.5 Å². The second-order valence-corrected chi connectivity index (χ2v) is 11.3. The Kier molecular flexibility index (Phi) is 6.56. The molecule has 40 heavy (non-hydrogen) atoms. The molecule has 3 aromatic rings. The Hall–Kier alpha value is -3.69. The van der Waals surface area contributed by atoms with Gasteiger partial charge < -0.3 is 30.1 Å². The summed E-state index contributed by atoms with van der Waals surface area (Å²) in [5, 5.41) is 8.73. The SMILES string of the molecule is CN1c2cc3ccccc3cc2N2c3nc(NC[C@@H]4CCCO4)ccc3C(=O)C(C(=O)NCCN3CCCC3)C12. The first kappa shape index (κ1) is 25.3. The monoisotopic (exact) mass is 540 g/mol. The van der Waals surface area contributed by atoms with Gasteiger partial charge in [0.15, 0.2) is 5.78 Å². The van der Waals surface area contributed by atoms with Gasteiger partial charge >= 0.3 is 0 Å². The number of nitrogens with one attached hydrogen (secondary N) is 2. The maximum atomic E-state index is 14.0. The van der Waals surface area contributed by atoms with Crippen LogP contribution in [0.15, 0.2) is 48.5 Å². The second-order valence-electron chi connectivity index (χ2n) is 11.3. The predicted octanol–water partition coefficient (Wildman–Crippen LogP) is 3.76. The van der Waals surface area contributed by atoms with Gasteiger partial charge in [-0.05, 0) is 73.8 Å². The van der Waals surface area contributed by atoms with Gasteiger partial charge in [-0.3, -0.25) is 9.59 Å². The quantitative estimate of drug-likeness (QED) is 0.438. The van der Waals surface area contributed by atoms with Crippen molar-refractivity contribution in [2.45, 2.75) is 38.0 Å². The molecule has 5 heterocycles. The first-order chi connectivity index (χ1) is 19.6. The third-order valence-corrected chi connectivity index (χ3v) is 8.84. The lowest BCUT2D eigenvalue weighted by atomic mass is 9.89. The lowest BCUT2D eigenvalue weighted by molar-refractivity contribution is -0.124. The van der Waals surface area contributed by atoms with Crippen molar-refractivity contribution in [3.05, 3.63) is 54.1 Å². The number of ether oxygens (including phenoxy) is 1. The number of ketones is 1. The number of rotatable bonds is 7. The summed E-state index contributed by atoms with van der Waals surface area (Å²) >= 11 is 0. The topological polar surface area (TPSA) is 90.0 Å². The molecule has 4 aliphatic rings. The van der Waals surface area contributed by atoms with E-state index in [2.05, 4.69) is 49.6 Å². The number of carbonyl (C=O) groups excluding carboxylic acids is 2. The molecular weight excluding hydrogens is 504 g/mol. The Morgan fingerprint density at radius 3 is 2.58 bits per heavy atom. The Labute approximate surface area is 234 Å². The molecule has 2 aromatic carbocycles. The average molecular weight is 541 g/mol.